The van der Waals surface area contributed by atoms with Crippen LogP contribution >= 0.6 is 11.6 Å². The Morgan fingerprint density at radius 2 is 2.04 bits per heavy atom. The van der Waals surface area contributed by atoms with Crippen LogP contribution in [0, 0.1) is 0 Å². The van der Waals surface area contributed by atoms with Crippen LogP contribution in [0.2, 0.25) is 5.02 Å². The van der Waals surface area contributed by atoms with Gasteiger partial charge < -0.3 is 4.42 Å². The minimum atomic E-state index is -0.400. The van der Waals surface area contributed by atoms with Gasteiger partial charge in [0.1, 0.15) is 11.5 Å². The van der Waals surface area contributed by atoms with Gasteiger partial charge in [-0.25, -0.2) is 0 Å². The Balaban J connectivity index is 1.65. The van der Waals surface area contributed by atoms with E-state index in [4.69, 9.17) is 16.0 Å². The standard InChI is InChI=1S/C16H12ClN5O2/c1-2-22-20-16(19-21-22)18-15(23)10-8-13-7-9-14(24-13)11-3-5-12(17)6-4-11/h2-10H,1H2,(H,18,20,23)/b10-8+. The average molecular weight is 342 g/mol. The summed E-state index contributed by atoms with van der Waals surface area (Å²) < 4.78 is 5.66. The fourth-order valence-electron chi connectivity index (χ4n) is 1.87. The zero-order valence-corrected chi connectivity index (χ0v) is 13.1. The molecule has 0 saturated carbocycles. The van der Waals surface area contributed by atoms with Gasteiger partial charge in [0.2, 0.25) is 0 Å². The summed E-state index contributed by atoms with van der Waals surface area (Å²) in [5.74, 6) is 0.911. The molecule has 0 saturated heterocycles. The normalized spacial score (nSPS) is 10.9. The van der Waals surface area contributed by atoms with E-state index >= 15 is 0 Å². The van der Waals surface area contributed by atoms with E-state index in [2.05, 4.69) is 27.3 Å². The Labute approximate surface area is 142 Å². The first-order chi connectivity index (χ1) is 11.6. The SMILES string of the molecule is C=Cn1nnc(NC(=O)/C=C/c2ccc(-c3ccc(Cl)cc3)o2)n1. The van der Waals surface area contributed by atoms with Crippen molar-refractivity contribution in [3.05, 3.63) is 59.8 Å². The van der Waals surface area contributed by atoms with Gasteiger partial charge in [-0.3, -0.25) is 10.1 Å². The summed E-state index contributed by atoms with van der Waals surface area (Å²) in [6.07, 6.45) is 4.23. The zero-order valence-electron chi connectivity index (χ0n) is 12.4. The molecule has 0 bridgehead atoms. The summed E-state index contributed by atoms with van der Waals surface area (Å²) >= 11 is 5.86. The summed E-state index contributed by atoms with van der Waals surface area (Å²) in [4.78, 5) is 12.9. The molecule has 2 aromatic heterocycles. The van der Waals surface area contributed by atoms with Crippen molar-refractivity contribution in [1.82, 2.24) is 20.2 Å². The van der Waals surface area contributed by atoms with Crippen molar-refractivity contribution in [2.45, 2.75) is 0 Å². The first kappa shape index (κ1) is 15.7. The monoisotopic (exact) mass is 341 g/mol. The Hall–Kier alpha value is -3.19. The van der Waals surface area contributed by atoms with E-state index in [1.54, 1.807) is 24.3 Å². The number of carbonyl (C=O) groups is 1. The van der Waals surface area contributed by atoms with Crippen molar-refractivity contribution in [1.29, 1.82) is 0 Å². The number of nitrogens with zero attached hydrogens (tertiary/aromatic N) is 4. The van der Waals surface area contributed by atoms with Gasteiger partial charge in [-0.2, -0.15) is 0 Å². The number of benzene rings is 1. The number of anilines is 1. The largest absolute Gasteiger partial charge is 0.457 e. The molecule has 0 aliphatic carbocycles. The highest BCUT2D eigenvalue weighted by Crippen LogP contribution is 2.24. The van der Waals surface area contributed by atoms with Crippen molar-refractivity contribution in [2.24, 2.45) is 0 Å². The summed E-state index contributed by atoms with van der Waals surface area (Å²) in [5.41, 5.74) is 0.897. The Morgan fingerprint density at radius 1 is 1.25 bits per heavy atom. The van der Waals surface area contributed by atoms with E-state index in [1.165, 1.54) is 12.3 Å². The molecule has 0 radical (unpaired) electrons. The Kier molecular flexibility index (Phi) is 4.53. The number of carbonyl (C=O) groups excluding carboxylic acids is 1. The average Bonchev–Trinajstić information content (AvgIpc) is 3.23. The molecule has 1 amide bonds. The molecule has 24 heavy (non-hydrogen) atoms. The number of rotatable bonds is 5. The first-order valence-corrected chi connectivity index (χ1v) is 7.29. The predicted octanol–water partition coefficient (Wildman–Crippen LogP) is 3.34. The third kappa shape index (κ3) is 3.76. The lowest BCUT2D eigenvalue weighted by Crippen LogP contribution is -2.09. The van der Waals surface area contributed by atoms with Crippen LogP contribution < -0.4 is 5.32 Å². The van der Waals surface area contributed by atoms with E-state index in [9.17, 15) is 4.79 Å². The highest BCUT2D eigenvalue weighted by atomic mass is 35.5. The van der Waals surface area contributed by atoms with Crippen molar-refractivity contribution in [2.75, 3.05) is 5.32 Å². The molecular weight excluding hydrogens is 330 g/mol. The summed E-state index contributed by atoms with van der Waals surface area (Å²) in [6, 6.07) is 10.9. The van der Waals surface area contributed by atoms with Gasteiger partial charge in [-0.15, -0.1) is 9.90 Å². The molecule has 3 rings (SSSR count). The van der Waals surface area contributed by atoms with E-state index < -0.39 is 5.91 Å². The lowest BCUT2D eigenvalue weighted by molar-refractivity contribution is -0.111. The maximum atomic E-state index is 11.8. The molecule has 0 unspecified atom stereocenters. The summed E-state index contributed by atoms with van der Waals surface area (Å²) in [6.45, 7) is 3.48. The second-order valence-electron chi connectivity index (χ2n) is 4.65. The van der Waals surface area contributed by atoms with E-state index in [0.29, 0.717) is 16.5 Å². The molecule has 0 spiro atoms. The first-order valence-electron chi connectivity index (χ1n) is 6.91. The van der Waals surface area contributed by atoms with Crippen LogP contribution in [-0.4, -0.2) is 26.1 Å². The molecule has 1 aromatic carbocycles. The minimum absolute atomic E-state index is 0.0887. The van der Waals surface area contributed by atoms with Crippen LogP contribution in [-0.2, 0) is 4.79 Å². The lowest BCUT2D eigenvalue weighted by atomic mass is 10.2. The molecule has 7 nitrogen and oxygen atoms in total. The fraction of sp³-hybridized carbons (Fsp3) is 0. The Bertz CT molecular complexity index is 895. The predicted molar refractivity (Wildman–Crippen MR) is 91.0 cm³/mol. The van der Waals surface area contributed by atoms with E-state index in [0.717, 1.165) is 10.4 Å². The van der Waals surface area contributed by atoms with Crippen molar-refractivity contribution in [3.8, 4) is 11.3 Å². The van der Waals surface area contributed by atoms with Crippen LogP contribution in [0.3, 0.4) is 0 Å². The molecule has 0 aliphatic rings. The highest BCUT2D eigenvalue weighted by Gasteiger charge is 2.05. The van der Waals surface area contributed by atoms with Crippen LogP contribution in [0.15, 0.2) is 53.5 Å². The maximum absolute atomic E-state index is 11.8. The quantitative estimate of drug-likeness (QED) is 0.719. The maximum Gasteiger partial charge on any atom is 0.270 e. The van der Waals surface area contributed by atoms with Crippen LogP contribution in [0.25, 0.3) is 23.6 Å². The number of furan rings is 1. The fourth-order valence-corrected chi connectivity index (χ4v) is 2.00. The number of aromatic nitrogens is 4. The second-order valence-corrected chi connectivity index (χ2v) is 5.08. The number of halogens is 1. The number of amides is 1. The minimum Gasteiger partial charge on any atom is -0.457 e. The van der Waals surface area contributed by atoms with Gasteiger partial charge in [0, 0.05) is 22.9 Å². The van der Waals surface area contributed by atoms with Crippen LogP contribution in [0.4, 0.5) is 5.95 Å². The van der Waals surface area contributed by atoms with Crippen molar-refractivity contribution >= 4 is 35.7 Å². The highest BCUT2D eigenvalue weighted by molar-refractivity contribution is 6.30. The van der Waals surface area contributed by atoms with Gasteiger partial charge >= 0.3 is 0 Å². The molecule has 3 aromatic rings. The topological polar surface area (TPSA) is 85.8 Å². The van der Waals surface area contributed by atoms with Gasteiger partial charge in [-0.05, 0) is 47.7 Å². The van der Waals surface area contributed by atoms with Crippen molar-refractivity contribution in [3.63, 3.8) is 0 Å². The van der Waals surface area contributed by atoms with Gasteiger partial charge in [0.05, 0.1) is 0 Å². The van der Waals surface area contributed by atoms with Gasteiger partial charge in [0.15, 0.2) is 0 Å². The molecular formula is C16H12ClN5O2. The number of hydrogen-bond donors (Lipinski definition) is 1. The van der Waals surface area contributed by atoms with Gasteiger partial charge in [0.25, 0.3) is 11.9 Å². The number of nitrogens with one attached hydrogen (secondary N) is 1. The molecule has 2 heterocycles. The smallest absolute Gasteiger partial charge is 0.270 e. The van der Waals surface area contributed by atoms with Gasteiger partial charge in [-0.1, -0.05) is 23.3 Å². The molecule has 0 fully saturated rings. The molecule has 0 atom stereocenters. The molecule has 1 N–H and O–H groups in total. The second kappa shape index (κ2) is 6.93. The molecule has 0 aliphatic heterocycles. The van der Waals surface area contributed by atoms with Crippen LogP contribution in [0.1, 0.15) is 5.76 Å². The Morgan fingerprint density at radius 3 is 2.75 bits per heavy atom. The van der Waals surface area contributed by atoms with Crippen molar-refractivity contribution < 1.29 is 9.21 Å². The third-order valence-electron chi connectivity index (χ3n) is 2.98. The van der Waals surface area contributed by atoms with Crippen LogP contribution in [0.5, 0.6) is 0 Å². The molecule has 120 valence electrons. The lowest BCUT2D eigenvalue weighted by Gasteiger charge is -1.96. The number of tetrazole rings is 1. The number of hydrogen-bond acceptors (Lipinski definition) is 5. The van der Waals surface area contributed by atoms with E-state index in [1.807, 2.05) is 18.2 Å². The summed E-state index contributed by atoms with van der Waals surface area (Å²) in [7, 11) is 0. The zero-order chi connectivity index (χ0) is 16.9. The third-order valence-corrected chi connectivity index (χ3v) is 3.23. The molecule has 8 heteroatoms. The van der Waals surface area contributed by atoms with E-state index in [-0.39, 0.29) is 5.95 Å². The summed E-state index contributed by atoms with van der Waals surface area (Å²) in [5, 5.41) is 14.3.